The van der Waals surface area contributed by atoms with Crippen molar-refractivity contribution < 1.29 is 14.6 Å². The summed E-state index contributed by atoms with van der Waals surface area (Å²) in [6.45, 7) is -0.463. The molecule has 3 rings (SSSR count). The van der Waals surface area contributed by atoms with Crippen molar-refractivity contribution in [3.63, 3.8) is 0 Å². The van der Waals surface area contributed by atoms with Gasteiger partial charge in [-0.05, 0) is 29.5 Å². The van der Waals surface area contributed by atoms with E-state index in [2.05, 4.69) is 25.6 Å². The first kappa shape index (κ1) is 17.0. The normalized spacial score (nSPS) is 12.0. The van der Waals surface area contributed by atoms with Crippen LogP contribution in [-0.2, 0) is 0 Å². The number of nitrogens with one attached hydrogen (secondary N) is 1. The summed E-state index contributed by atoms with van der Waals surface area (Å²) in [6.07, 6.45) is -1.02. The number of nitrogens with two attached hydrogens (primary N) is 1. The Hall–Kier alpha value is -2.89. The SMILES string of the molecule is COc1ccc(-c2nc(C(=O)N(c3nn[nH]n3)C(N)CO)cs2)cc1. The summed E-state index contributed by atoms with van der Waals surface area (Å²) < 4.78 is 5.12. The van der Waals surface area contributed by atoms with Gasteiger partial charge in [-0.25, -0.2) is 4.98 Å². The Labute approximate surface area is 146 Å². The topological polar surface area (TPSA) is 143 Å². The number of ether oxygens (including phenoxy) is 1. The Bertz CT molecular complexity index is 834. The summed E-state index contributed by atoms with van der Waals surface area (Å²) in [5, 5.41) is 24.7. The fourth-order valence-corrected chi connectivity index (χ4v) is 2.89. The Morgan fingerprint density at radius 3 is 2.80 bits per heavy atom. The Morgan fingerprint density at radius 1 is 1.44 bits per heavy atom. The summed E-state index contributed by atoms with van der Waals surface area (Å²) >= 11 is 1.31. The molecule has 0 aliphatic heterocycles. The zero-order chi connectivity index (χ0) is 17.8. The number of carbonyl (C=O) groups excluding carboxylic acids is 1. The average Bonchev–Trinajstić information content (AvgIpc) is 3.34. The molecule has 11 heteroatoms. The molecule has 0 aliphatic rings. The number of aromatic nitrogens is 5. The summed E-state index contributed by atoms with van der Waals surface area (Å²) in [6, 6.07) is 7.32. The second-order valence-corrected chi connectivity index (χ2v) is 5.76. The Balaban J connectivity index is 1.88. The van der Waals surface area contributed by atoms with Crippen molar-refractivity contribution in [2.75, 3.05) is 18.6 Å². The number of carbonyl (C=O) groups is 1. The van der Waals surface area contributed by atoms with Crippen molar-refractivity contribution in [1.29, 1.82) is 0 Å². The van der Waals surface area contributed by atoms with E-state index in [1.54, 1.807) is 12.5 Å². The molecule has 1 aromatic carbocycles. The van der Waals surface area contributed by atoms with Gasteiger partial charge in [0.1, 0.15) is 22.6 Å². The number of anilines is 1. The zero-order valence-corrected chi connectivity index (χ0v) is 14.0. The number of thiazole rings is 1. The summed E-state index contributed by atoms with van der Waals surface area (Å²) in [5.74, 6) is 0.165. The number of tetrazole rings is 1. The lowest BCUT2D eigenvalue weighted by atomic mass is 10.2. The van der Waals surface area contributed by atoms with Crippen molar-refractivity contribution in [2.45, 2.75) is 6.17 Å². The van der Waals surface area contributed by atoms with Crippen molar-refractivity contribution in [3.8, 4) is 16.3 Å². The van der Waals surface area contributed by atoms with E-state index in [9.17, 15) is 9.90 Å². The number of methoxy groups -OCH3 is 1. The number of nitrogens with zero attached hydrogens (tertiary/aromatic N) is 5. The highest BCUT2D eigenvalue weighted by molar-refractivity contribution is 7.13. The number of H-pyrrole nitrogens is 1. The molecule has 0 bridgehead atoms. The van der Waals surface area contributed by atoms with Crippen LogP contribution in [-0.4, -0.2) is 56.5 Å². The van der Waals surface area contributed by atoms with Crippen molar-refractivity contribution in [3.05, 3.63) is 35.3 Å². The van der Waals surface area contributed by atoms with Crippen molar-refractivity contribution in [2.24, 2.45) is 5.73 Å². The van der Waals surface area contributed by atoms with Crippen molar-refractivity contribution in [1.82, 2.24) is 25.6 Å². The molecular weight excluding hydrogens is 346 g/mol. The second kappa shape index (κ2) is 7.34. The Kier molecular flexibility index (Phi) is 4.97. The Morgan fingerprint density at radius 2 is 2.20 bits per heavy atom. The summed E-state index contributed by atoms with van der Waals surface area (Å²) in [4.78, 5) is 18.1. The lowest BCUT2D eigenvalue weighted by molar-refractivity contribution is 0.0958. The highest BCUT2D eigenvalue weighted by Crippen LogP contribution is 2.26. The molecule has 0 saturated carbocycles. The van der Waals surface area contributed by atoms with Gasteiger partial charge in [-0.3, -0.25) is 9.69 Å². The van der Waals surface area contributed by atoms with Crippen LogP contribution in [0.4, 0.5) is 5.95 Å². The van der Waals surface area contributed by atoms with Gasteiger partial charge in [-0.15, -0.1) is 16.4 Å². The smallest absolute Gasteiger partial charge is 0.281 e. The van der Waals surface area contributed by atoms with Crippen LogP contribution in [0.15, 0.2) is 29.6 Å². The monoisotopic (exact) mass is 361 g/mol. The fraction of sp³-hybridized carbons (Fsp3) is 0.214. The summed E-state index contributed by atoms with van der Waals surface area (Å²) in [7, 11) is 1.59. The number of rotatable bonds is 6. The maximum absolute atomic E-state index is 12.7. The summed E-state index contributed by atoms with van der Waals surface area (Å²) in [5.41, 5.74) is 6.81. The molecule has 0 fully saturated rings. The molecule has 4 N–H and O–H groups in total. The van der Waals surface area contributed by atoms with E-state index < -0.39 is 18.7 Å². The highest BCUT2D eigenvalue weighted by atomic mass is 32.1. The van der Waals surface area contributed by atoms with E-state index in [0.717, 1.165) is 16.2 Å². The molecule has 0 saturated heterocycles. The third-order valence-corrected chi connectivity index (χ3v) is 4.24. The van der Waals surface area contributed by atoms with Gasteiger partial charge < -0.3 is 15.6 Å². The average molecular weight is 361 g/mol. The molecule has 0 aliphatic carbocycles. The van der Waals surface area contributed by atoms with Crippen LogP contribution in [0.3, 0.4) is 0 Å². The predicted octanol–water partition coefficient (Wildman–Crippen LogP) is 0.256. The number of aliphatic hydroxyl groups is 1. The van der Waals surface area contributed by atoms with Crippen molar-refractivity contribution >= 4 is 23.2 Å². The van der Waals surface area contributed by atoms with Gasteiger partial charge in [0.05, 0.1) is 13.7 Å². The first-order valence-corrected chi connectivity index (χ1v) is 8.05. The van der Waals surface area contributed by atoms with E-state index in [0.29, 0.717) is 5.01 Å². The van der Waals surface area contributed by atoms with Crippen LogP contribution in [0, 0.1) is 0 Å². The third kappa shape index (κ3) is 3.47. The molecule has 10 nitrogen and oxygen atoms in total. The molecule has 1 amide bonds. The quantitative estimate of drug-likeness (QED) is 0.530. The fourth-order valence-electron chi connectivity index (χ4n) is 2.09. The largest absolute Gasteiger partial charge is 0.497 e. The van der Waals surface area contributed by atoms with E-state index in [1.807, 2.05) is 24.3 Å². The molecule has 3 aromatic rings. The lowest BCUT2D eigenvalue weighted by Gasteiger charge is -2.22. The molecule has 0 radical (unpaired) electrons. The van der Waals surface area contributed by atoms with E-state index >= 15 is 0 Å². The lowest BCUT2D eigenvalue weighted by Crippen LogP contribution is -2.49. The number of aromatic amines is 1. The second-order valence-electron chi connectivity index (χ2n) is 4.90. The van der Waals surface area contributed by atoms with Crippen LogP contribution >= 0.6 is 11.3 Å². The zero-order valence-electron chi connectivity index (χ0n) is 13.2. The van der Waals surface area contributed by atoms with Gasteiger partial charge in [0.2, 0.25) is 0 Å². The molecule has 2 heterocycles. The first-order valence-electron chi connectivity index (χ1n) is 7.17. The molecule has 130 valence electrons. The molecule has 25 heavy (non-hydrogen) atoms. The predicted molar refractivity (Wildman–Crippen MR) is 90.2 cm³/mol. The number of aliphatic hydroxyl groups excluding tert-OH is 1. The van der Waals surface area contributed by atoms with Crippen LogP contribution in [0.1, 0.15) is 10.5 Å². The third-order valence-electron chi connectivity index (χ3n) is 3.35. The number of amides is 1. The maximum atomic E-state index is 12.7. The molecular formula is C14H15N7O3S. The number of benzene rings is 1. The van der Waals surface area contributed by atoms with Crippen LogP contribution in [0.5, 0.6) is 5.75 Å². The van der Waals surface area contributed by atoms with Gasteiger partial charge in [0, 0.05) is 10.9 Å². The van der Waals surface area contributed by atoms with Gasteiger partial charge in [-0.1, -0.05) is 5.10 Å². The minimum atomic E-state index is -1.02. The van der Waals surface area contributed by atoms with Crippen LogP contribution < -0.4 is 15.4 Å². The molecule has 0 spiro atoms. The van der Waals surface area contributed by atoms with Gasteiger partial charge in [0.25, 0.3) is 11.9 Å². The molecule has 1 unspecified atom stereocenters. The van der Waals surface area contributed by atoms with Crippen LogP contribution in [0.2, 0.25) is 0 Å². The molecule has 1 atom stereocenters. The van der Waals surface area contributed by atoms with E-state index in [1.165, 1.54) is 11.3 Å². The maximum Gasteiger partial charge on any atom is 0.281 e. The van der Waals surface area contributed by atoms with Gasteiger partial charge in [-0.2, -0.15) is 5.21 Å². The van der Waals surface area contributed by atoms with E-state index in [-0.39, 0.29) is 11.6 Å². The number of hydrogen-bond donors (Lipinski definition) is 3. The van der Waals surface area contributed by atoms with Gasteiger partial charge in [0.15, 0.2) is 0 Å². The molecule has 2 aromatic heterocycles. The minimum Gasteiger partial charge on any atom is -0.497 e. The standard InChI is InChI=1S/C14H15N7O3S/c1-24-9-4-2-8(3-5-9)12-16-10(7-25-12)13(23)21(11(15)6-22)14-17-19-20-18-14/h2-5,7,11,22H,6,15H2,1H3,(H,17,18,19,20). The first-order chi connectivity index (χ1) is 12.1. The number of hydrogen-bond acceptors (Lipinski definition) is 9. The minimum absolute atomic E-state index is 0.0365. The van der Waals surface area contributed by atoms with E-state index in [4.69, 9.17) is 10.5 Å². The van der Waals surface area contributed by atoms with Gasteiger partial charge >= 0.3 is 0 Å². The highest BCUT2D eigenvalue weighted by Gasteiger charge is 2.28. The van der Waals surface area contributed by atoms with Crippen LogP contribution in [0.25, 0.3) is 10.6 Å².